The van der Waals surface area contributed by atoms with Crippen LogP contribution in [0.3, 0.4) is 0 Å². The number of para-hydroxylation sites is 1. The lowest BCUT2D eigenvalue weighted by atomic mass is 9.92. The molecular weight excluding hydrogens is 290 g/mol. The molecule has 2 aromatic rings. The lowest BCUT2D eigenvalue weighted by Crippen LogP contribution is -2.16. The summed E-state index contributed by atoms with van der Waals surface area (Å²) < 4.78 is 0. The van der Waals surface area contributed by atoms with Crippen LogP contribution < -0.4 is 5.32 Å². The number of aryl methyl sites for hydroxylation is 2. The second-order valence-corrected chi connectivity index (χ2v) is 5.70. The van der Waals surface area contributed by atoms with E-state index in [9.17, 15) is 4.79 Å². The Labute approximate surface area is 135 Å². The van der Waals surface area contributed by atoms with Crippen LogP contribution in [0.1, 0.15) is 42.3 Å². The number of aromatic amines is 1. The van der Waals surface area contributed by atoms with Gasteiger partial charge >= 0.3 is 6.09 Å². The van der Waals surface area contributed by atoms with Gasteiger partial charge in [-0.2, -0.15) is 0 Å². The summed E-state index contributed by atoms with van der Waals surface area (Å²) in [6.07, 6.45) is 3.23. The van der Waals surface area contributed by atoms with Crippen LogP contribution in [0.5, 0.6) is 0 Å². The second kappa shape index (κ2) is 6.69. The first kappa shape index (κ1) is 15.3. The molecule has 0 aliphatic heterocycles. The van der Waals surface area contributed by atoms with Crippen LogP contribution in [0.2, 0.25) is 0 Å². The minimum absolute atomic E-state index is 0.568. The van der Waals surface area contributed by atoms with E-state index in [-0.39, 0.29) is 0 Å². The fourth-order valence-corrected chi connectivity index (χ4v) is 3.12. The summed E-state index contributed by atoms with van der Waals surface area (Å²) in [5.74, 6) is 0. The van der Waals surface area contributed by atoms with Crippen molar-refractivity contribution in [3.63, 3.8) is 0 Å². The monoisotopic (exact) mass is 311 g/mol. The van der Waals surface area contributed by atoms with Gasteiger partial charge in [-0.3, -0.25) is 10.2 Å². The van der Waals surface area contributed by atoms with Crippen LogP contribution >= 0.6 is 0 Å². The summed E-state index contributed by atoms with van der Waals surface area (Å²) in [7, 11) is 0. The standard InChI is InChI=1S/C18H21N3O2/c1-3-14-12(2)19-15-10-7-11-16(17(14)15)21-23-18(22)20-13-8-5-4-6-9-13/h4-6,8-9,19H,3,7,10-11H2,1-2H3,(H,20,22). The number of amides is 1. The van der Waals surface area contributed by atoms with Gasteiger partial charge in [-0.25, -0.2) is 4.79 Å². The molecule has 120 valence electrons. The van der Waals surface area contributed by atoms with Crippen molar-refractivity contribution >= 4 is 17.5 Å². The third-order valence-corrected chi connectivity index (χ3v) is 4.14. The fourth-order valence-electron chi connectivity index (χ4n) is 3.12. The number of anilines is 1. The predicted octanol–water partition coefficient (Wildman–Crippen LogP) is 4.17. The molecule has 0 bridgehead atoms. The van der Waals surface area contributed by atoms with Crippen LogP contribution in [0.15, 0.2) is 35.5 Å². The molecule has 0 saturated carbocycles. The maximum Gasteiger partial charge on any atom is 0.437 e. The third-order valence-electron chi connectivity index (χ3n) is 4.14. The normalized spacial score (nSPS) is 15.3. The Balaban J connectivity index is 1.75. The van der Waals surface area contributed by atoms with Gasteiger partial charge in [0.2, 0.25) is 0 Å². The second-order valence-electron chi connectivity index (χ2n) is 5.70. The molecule has 23 heavy (non-hydrogen) atoms. The Bertz CT molecular complexity index is 732. The van der Waals surface area contributed by atoms with Crippen molar-refractivity contribution in [1.82, 2.24) is 4.98 Å². The van der Waals surface area contributed by atoms with Gasteiger partial charge < -0.3 is 4.98 Å². The Morgan fingerprint density at radius 2 is 2.09 bits per heavy atom. The fraction of sp³-hybridized carbons (Fsp3) is 0.333. The average molecular weight is 311 g/mol. The summed E-state index contributed by atoms with van der Waals surface area (Å²) in [5, 5.41) is 6.79. The van der Waals surface area contributed by atoms with Crippen LogP contribution in [-0.2, 0) is 17.7 Å². The molecule has 1 heterocycles. The number of hydrogen-bond donors (Lipinski definition) is 2. The molecule has 1 aliphatic rings. The number of carbonyl (C=O) groups is 1. The van der Waals surface area contributed by atoms with Gasteiger partial charge in [-0.15, -0.1) is 0 Å². The molecule has 1 aromatic heterocycles. The van der Waals surface area contributed by atoms with Gasteiger partial charge in [0.15, 0.2) is 0 Å². The lowest BCUT2D eigenvalue weighted by Gasteiger charge is -2.15. The number of fused-ring (bicyclic) bond motifs is 1. The zero-order valence-corrected chi connectivity index (χ0v) is 13.5. The SMILES string of the molecule is CCc1c(C)[nH]c2c1C(=NOC(=O)Nc1ccccc1)CCC2. The predicted molar refractivity (Wildman–Crippen MR) is 90.9 cm³/mol. The Morgan fingerprint density at radius 1 is 1.30 bits per heavy atom. The van der Waals surface area contributed by atoms with Crippen LogP contribution in [0, 0.1) is 6.92 Å². The average Bonchev–Trinajstić information content (AvgIpc) is 2.89. The first-order chi connectivity index (χ1) is 11.2. The maximum atomic E-state index is 11.9. The molecule has 0 fully saturated rings. The van der Waals surface area contributed by atoms with Gasteiger partial charge in [0, 0.05) is 22.6 Å². The topological polar surface area (TPSA) is 66.5 Å². The number of hydrogen-bond acceptors (Lipinski definition) is 3. The van der Waals surface area contributed by atoms with Crippen molar-refractivity contribution in [3.8, 4) is 0 Å². The van der Waals surface area contributed by atoms with E-state index in [1.165, 1.54) is 17.0 Å². The van der Waals surface area contributed by atoms with E-state index in [1.54, 1.807) is 12.1 Å². The molecule has 1 aromatic carbocycles. The van der Waals surface area contributed by atoms with Crippen molar-refractivity contribution in [2.45, 2.75) is 39.5 Å². The molecule has 0 radical (unpaired) electrons. The maximum absolute atomic E-state index is 11.9. The molecule has 1 aliphatic carbocycles. The van der Waals surface area contributed by atoms with Crippen LogP contribution in [-0.4, -0.2) is 16.8 Å². The molecule has 0 saturated heterocycles. The molecule has 0 atom stereocenters. The molecule has 3 rings (SSSR count). The third kappa shape index (κ3) is 3.28. The van der Waals surface area contributed by atoms with Crippen molar-refractivity contribution in [2.75, 3.05) is 5.32 Å². The molecule has 0 spiro atoms. The highest BCUT2D eigenvalue weighted by Gasteiger charge is 2.23. The quantitative estimate of drug-likeness (QED) is 0.660. The summed E-state index contributed by atoms with van der Waals surface area (Å²) in [6.45, 7) is 4.21. The summed E-state index contributed by atoms with van der Waals surface area (Å²) in [6, 6.07) is 9.20. The number of nitrogens with zero attached hydrogens (tertiary/aromatic N) is 1. The molecule has 2 N–H and O–H groups in total. The van der Waals surface area contributed by atoms with Crippen molar-refractivity contribution < 1.29 is 9.63 Å². The number of benzene rings is 1. The molecular formula is C18H21N3O2. The number of H-pyrrole nitrogens is 1. The largest absolute Gasteiger partial charge is 0.437 e. The number of rotatable bonds is 3. The molecule has 5 nitrogen and oxygen atoms in total. The highest BCUT2D eigenvalue weighted by atomic mass is 16.7. The van der Waals surface area contributed by atoms with Crippen molar-refractivity contribution in [3.05, 3.63) is 52.8 Å². The smallest absolute Gasteiger partial charge is 0.362 e. The lowest BCUT2D eigenvalue weighted by molar-refractivity contribution is 0.166. The minimum atomic E-state index is -0.568. The zero-order chi connectivity index (χ0) is 16.2. The molecule has 0 unspecified atom stereocenters. The molecule has 1 amide bonds. The highest BCUT2D eigenvalue weighted by molar-refractivity contribution is 6.04. The number of nitrogens with one attached hydrogen (secondary N) is 2. The van der Waals surface area contributed by atoms with E-state index in [0.29, 0.717) is 5.69 Å². The van der Waals surface area contributed by atoms with Crippen molar-refractivity contribution in [1.29, 1.82) is 0 Å². The number of oxime groups is 1. The van der Waals surface area contributed by atoms with E-state index < -0.39 is 6.09 Å². The van der Waals surface area contributed by atoms with Crippen LogP contribution in [0.4, 0.5) is 10.5 Å². The van der Waals surface area contributed by atoms with E-state index in [1.807, 2.05) is 18.2 Å². The van der Waals surface area contributed by atoms with Crippen LogP contribution in [0.25, 0.3) is 0 Å². The van der Waals surface area contributed by atoms with E-state index in [4.69, 9.17) is 4.84 Å². The van der Waals surface area contributed by atoms with Gasteiger partial charge in [0.25, 0.3) is 0 Å². The molecule has 5 heteroatoms. The summed E-state index contributed by atoms with van der Waals surface area (Å²) >= 11 is 0. The highest BCUT2D eigenvalue weighted by Crippen LogP contribution is 2.27. The van der Waals surface area contributed by atoms with Gasteiger partial charge in [0.1, 0.15) is 0 Å². The summed E-state index contributed by atoms with van der Waals surface area (Å²) in [4.78, 5) is 20.4. The Kier molecular flexibility index (Phi) is 4.46. The van der Waals surface area contributed by atoms with Gasteiger partial charge in [-0.05, 0) is 50.3 Å². The Hall–Kier alpha value is -2.56. The number of aromatic nitrogens is 1. The minimum Gasteiger partial charge on any atom is -0.362 e. The van der Waals surface area contributed by atoms with E-state index >= 15 is 0 Å². The van der Waals surface area contributed by atoms with E-state index in [0.717, 1.165) is 37.0 Å². The summed E-state index contributed by atoms with van der Waals surface area (Å²) in [5.41, 5.74) is 6.34. The zero-order valence-electron chi connectivity index (χ0n) is 13.5. The first-order valence-corrected chi connectivity index (χ1v) is 7.99. The van der Waals surface area contributed by atoms with Gasteiger partial charge in [-0.1, -0.05) is 30.3 Å². The number of carbonyl (C=O) groups excluding carboxylic acids is 1. The van der Waals surface area contributed by atoms with Crippen molar-refractivity contribution in [2.24, 2.45) is 5.16 Å². The Morgan fingerprint density at radius 3 is 2.83 bits per heavy atom. The van der Waals surface area contributed by atoms with E-state index in [2.05, 4.69) is 29.3 Å². The first-order valence-electron chi connectivity index (χ1n) is 7.99. The van der Waals surface area contributed by atoms with Gasteiger partial charge in [0.05, 0.1) is 5.71 Å².